The van der Waals surface area contributed by atoms with E-state index in [2.05, 4.69) is 15.3 Å². The van der Waals surface area contributed by atoms with E-state index in [1.54, 1.807) is 7.11 Å². The molecule has 2 N–H and O–H groups in total. The molecule has 0 aliphatic heterocycles. The number of fused-ring (bicyclic) bond motifs is 1. The number of benzene rings is 2. The van der Waals surface area contributed by atoms with E-state index in [0.29, 0.717) is 12.1 Å². The highest BCUT2D eigenvalue weighted by Gasteiger charge is 2.19. The monoisotopic (exact) mass is 340 g/mol. The molecule has 0 spiro atoms. The number of methoxy groups -OCH3 is 1. The molecule has 0 saturated carbocycles. The van der Waals surface area contributed by atoms with Crippen LogP contribution in [0, 0.1) is 10.1 Å². The van der Waals surface area contributed by atoms with Crippen LogP contribution in [-0.2, 0) is 4.74 Å². The maximum atomic E-state index is 11.8. The van der Waals surface area contributed by atoms with Crippen molar-refractivity contribution in [2.45, 2.75) is 6.10 Å². The molecule has 8 nitrogen and oxygen atoms in total. The van der Waals surface area contributed by atoms with Crippen molar-refractivity contribution >= 4 is 22.3 Å². The van der Waals surface area contributed by atoms with Crippen LogP contribution in [0.15, 0.2) is 53.6 Å². The zero-order valence-electron chi connectivity index (χ0n) is 13.4. The molecule has 128 valence electrons. The molecule has 25 heavy (non-hydrogen) atoms. The third-order valence-electron chi connectivity index (χ3n) is 3.89. The number of nitrogens with one attached hydrogen (secondary N) is 2. The van der Waals surface area contributed by atoms with Gasteiger partial charge in [-0.15, -0.1) is 0 Å². The molecule has 0 amide bonds. The van der Waals surface area contributed by atoms with Gasteiger partial charge in [0.2, 0.25) is 0 Å². The Hall–Kier alpha value is -3.26. The van der Waals surface area contributed by atoms with E-state index in [0.717, 1.165) is 5.56 Å². The Kier molecular flexibility index (Phi) is 4.71. The van der Waals surface area contributed by atoms with Crippen LogP contribution in [0.2, 0.25) is 0 Å². The zero-order valence-corrected chi connectivity index (χ0v) is 13.4. The van der Waals surface area contributed by atoms with E-state index in [-0.39, 0.29) is 22.9 Å². The van der Waals surface area contributed by atoms with Crippen LogP contribution >= 0.6 is 0 Å². The summed E-state index contributed by atoms with van der Waals surface area (Å²) < 4.78 is 5.46. The van der Waals surface area contributed by atoms with Gasteiger partial charge in [-0.3, -0.25) is 14.9 Å². The molecule has 3 rings (SSSR count). The molecule has 1 aromatic heterocycles. The molecular formula is C17H16N4O4. The zero-order chi connectivity index (χ0) is 17.8. The smallest absolute Gasteiger partial charge is 0.293 e. The number of hydrogen-bond donors (Lipinski definition) is 2. The predicted octanol–water partition coefficient (Wildman–Crippen LogP) is 2.63. The molecule has 0 aliphatic rings. The molecule has 1 heterocycles. The lowest BCUT2D eigenvalue weighted by atomic mass is 10.1. The minimum atomic E-state index is -0.529. The normalized spacial score (nSPS) is 12.0. The van der Waals surface area contributed by atoms with Gasteiger partial charge in [-0.2, -0.15) is 0 Å². The molecular weight excluding hydrogens is 324 g/mol. The highest BCUT2D eigenvalue weighted by Crippen LogP contribution is 2.29. The van der Waals surface area contributed by atoms with Crippen LogP contribution in [0.1, 0.15) is 11.7 Å². The molecule has 3 aromatic rings. The number of aromatic nitrogens is 2. The number of H-pyrrole nitrogens is 1. The van der Waals surface area contributed by atoms with Crippen molar-refractivity contribution in [2.75, 3.05) is 19.0 Å². The van der Waals surface area contributed by atoms with Crippen LogP contribution in [0.25, 0.3) is 10.9 Å². The van der Waals surface area contributed by atoms with E-state index < -0.39 is 10.5 Å². The van der Waals surface area contributed by atoms with Crippen molar-refractivity contribution < 1.29 is 9.66 Å². The summed E-state index contributed by atoms with van der Waals surface area (Å²) in [6.45, 7) is 0.329. The van der Waals surface area contributed by atoms with Crippen LogP contribution in [-0.4, -0.2) is 28.5 Å². The summed E-state index contributed by atoms with van der Waals surface area (Å²) in [5, 5.41) is 14.6. The Bertz CT molecular complexity index is 956. The summed E-state index contributed by atoms with van der Waals surface area (Å²) in [5.41, 5.74) is 1.02. The number of anilines is 1. The predicted molar refractivity (Wildman–Crippen MR) is 93.7 cm³/mol. The van der Waals surface area contributed by atoms with Gasteiger partial charge >= 0.3 is 0 Å². The maximum absolute atomic E-state index is 11.8. The number of nitrogens with zero attached hydrogens (tertiary/aromatic N) is 2. The average Bonchev–Trinajstić information content (AvgIpc) is 2.62. The van der Waals surface area contributed by atoms with Gasteiger partial charge in [-0.05, 0) is 11.6 Å². The van der Waals surface area contributed by atoms with Crippen LogP contribution in [0.5, 0.6) is 0 Å². The fourth-order valence-corrected chi connectivity index (χ4v) is 2.60. The number of nitro groups is 1. The van der Waals surface area contributed by atoms with E-state index in [1.165, 1.54) is 18.5 Å². The number of nitro benzene ring substituents is 1. The summed E-state index contributed by atoms with van der Waals surface area (Å²) in [5.74, 6) is 0. The Balaban J connectivity index is 1.93. The standard InChI is InChI=1S/C17H16N4O4/c1-25-16(11-5-3-2-4-6-11)9-18-14-8-13-12(7-15(14)21(23)24)17(22)20-10-19-13/h2-8,10,16,18H,9H2,1H3,(H,19,20,22)/t16-/m1/s1. The fourth-order valence-electron chi connectivity index (χ4n) is 2.60. The second-order valence-electron chi connectivity index (χ2n) is 5.39. The van der Waals surface area contributed by atoms with Crippen LogP contribution in [0.3, 0.4) is 0 Å². The number of rotatable bonds is 6. The lowest BCUT2D eigenvalue weighted by molar-refractivity contribution is -0.383. The Morgan fingerprint density at radius 2 is 2.08 bits per heavy atom. The Morgan fingerprint density at radius 3 is 2.76 bits per heavy atom. The molecule has 0 unspecified atom stereocenters. The molecule has 0 fully saturated rings. The van der Waals surface area contributed by atoms with E-state index in [4.69, 9.17) is 4.74 Å². The molecule has 0 aliphatic carbocycles. The van der Waals surface area contributed by atoms with Crippen molar-refractivity contribution in [3.8, 4) is 0 Å². The Morgan fingerprint density at radius 1 is 1.32 bits per heavy atom. The van der Waals surface area contributed by atoms with Crippen molar-refractivity contribution in [1.29, 1.82) is 0 Å². The van der Waals surface area contributed by atoms with Gasteiger partial charge in [0.05, 0.1) is 28.3 Å². The molecule has 0 saturated heterocycles. The first-order valence-corrected chi connectivity index (χ1v) is 7.57. The van der Waals surface area contributed by atoms with Crippen molar-refractivity contribution in [3.05, 3.63) is 74.8 Å². The third kappa shape index (κ3) is 3.48. The van der Waals surface area contributed by atoms with Crippen molar-refractivity contribution in [1.82, 2.24) is 9.97 Å². The van der Waals surface area contributed by atoms with E-state index >= 15 is 0 Å². The molecule has 8 heteroatoms. The molecule has 1 atom stereocenters. The van der Waals surface area contributed by atoms with Gasteiger partial charge in [-0.1, -0.05) is 30.3 Å². The number of aromatic amines is 1. The van der Waals surface area contributed by atoms with Crippen molar-refractivity contribution in [3.63, 3.8) is 0 Å². The van der Waals surface area contributed by atoms with E-state index in [9.17, 15) is 14.9 Å². The Labute approximate surface area is 142 Å². The largest absolute Gasteiger partial charge is 0.376 e. The highest BCUT2D eigenvalue weighted by atomic mass is 16.6. The minimum Gasteiger partial charge on any atom is -0.376 e. The second-order valence-corrected chi connectivity index (χ2v) is 5.39. The average molecular weight is 340 g/mol. The minimum absolute atomic E-state index is 0.172. The SMILES string of the molecule is CO[C@H](CNc1cc2nc[nH]c(=O)c2cc1[N+](=O)[O-])c1ccccc1. The maximum Gasteiger partial charge on any atom is 0.293 e. The van der Waals surface area contributed by atoms with Gasteiger partial charge in [-0.25, -0.2) is 4.98 Å². The first-order chi connectivity index (χ1) is 12.1. The van der Waals surface area contributed by atoms with Crippen LogP contribution in [0.4, 0.5) is 11.4 Å². The van der Waals surface area contributed by atoms with Gasteiger partial charge < -0.3 is 15.0 Å². The summed E-state index contributed by atoms with van der Waals surface area (Å²) >= 11 is 0. The summed E-state index contributed by atoms with van der Waals surface area (Å²) in [6.07, 6.45) is 0.992. The number of hydrogen-bond acceptors (Lipinski definition) is 6. The van der Waals surface area contributed by atoms with Gasteiger partial charge in [0.1, 0.15) is 5.69 Å². The van der Waals surface area contributed by atoms with E-state index in [1.807, 2.05) is 30.3 Å². The first kappa shape index (κ1) is 16.6. The van der Waals surface area contributed by atoms with Gasteiger partial charge in [0.15, 0.2) is 0 Å². The summed E-state index contributed by atoms with van der Waals surface area (Å²) in [7, 11) is 1.58. The summed E-state index contributed by atoms with van der Waals surface area (Å²) in [6, 6.07) is 12.3. The molecule has 0 bridgehead atoms. The van der Waals surface area contributed by atoms with Crippen LogP contribution < -0.4 is 10.9 Å². The van der Waals surface area contributed by atoms with Gasteiger partial charge in [0.25, 0.3) is 11.2 Å². The lowest BCUT2D eigenvalue weighted by Gasteiger charge is -2.17. The highest BCUT2D eigenvalue weighted by molar-refractivity contribution is 5.86. The molecule has 2 aromatic carbocycles. The van der Waals surface area contributed by atoms with Crippen molar-refractivity contribution in [2.24, 2.45) is 0 Å². The van der Waals surface area contributed by atoms with Gasteiger partial charge in [0, 0.05) is 19.7 Å². The number of ether oxygens (including phenoxy) is 1. The topological polar surface area (TPSA) is 110 Å². The third-order valence-corrected chi connectivity index (χ3v) is 3.89. The fraction of sp³-hybridized carbons (Fsp3) is 0.176. The summed E-state index contributed by atoms with van der Waals surface area (Å²) in [4.78, 5) is 29.1. The molecule has 0 radical (unpaired) electrons. The second kappa shape index (κ2) is 7.10. The quantitative estimate of drug-likeness (QED) is 0.527. The lowest BCUT2D eigenvalue weighted by Crippen LogP contribution is -2.15. The first-order valence-electron chi connectivity index (χ1n) is 7.57.